The average Bonchev–Trinajstić information content (AvgIpc) is 3.07. The lowest BCUT2D eigenvalue weighted by Gasteiger charge is -2.31. The standard InChI is InChI=1S/C14H19N5O/c1-10-8-15-13(16-10)11-4-3-6-19(9-11)14(20)12-5-7-18(2)17-12/h5,7-8,11H,3-4,6,9H2,1-2H3,(H,15,16)/t11-/m1/s1. The van der Waals surface area contributed by atoms with Crippen molar-refractivity contribution in [2.45, 2.75) is 25.7 Å². The van der Waals surface area contributed by atoms with Gasteiger partial charge in [-0.15, -0.1) is 0 Å². The summed E-state index contributed by atoms with van der Waals surface area (Å²) in [6, 6.07) is 1.77. The van der Waals surface area contributed by atoms with Crippen LogP contribution in [-0.4, -0.2) is 43.6 Å². The lowest BCUT2D eigenvalue weighted by Crippen LogP contribution is -2.39. The Labute approximate surface area is 117 Å². The molecule has 1 amide bonds. The van der Waals surface area contributed by atoms with Crippen LogP contribution in [0.4, 0.5) is 0 Å². The molecule has 2 aromatic rings. The molecule has 1 atom stereocenters. The first-order valence-corrected chi connectivity index (χ1v) is 6.94. The molecule has 6 heteroatoms. The number of likely N-dealkylation sites (tertiary alicyclic amines) is 1. The second kappa shape index (κ2) is 5.11. The predicted molar refractivity (Wildman–Crippen MR) is 74.4 cm³/mol. The van der Waals surface area contributed by atoms with Gasteiger partial charge in [-0.3, -0.25) is 9.48 Å². The van der Waals surface area contributed by atoms with Crippen molar-refractivity contribution >= 4 is 5.91 Å². The Hall–Kier alpha value is -2.11. The Morgan fingerprint density at radius 1 is 1.50 bits per heavy atom. The van der Waals surface area contributed by atoms with Gasteiger partial charge < -0.3 is 9.88 Å². The maximum Gasteiger partial charge on any atom is 0.274 e. The first kappa shape index (κ1) is 12.9. The summed E-state index contributed by atoms with van der Waals surface area (Å²) in [6.07, 6.45) is 5.71. The molecule has 6 nitrogen and oxygen atoms in total. The van der Waals surface area contributed by atoms with Gasteiger partial charge in [0.1, 0.15) is 11.5 Å². The molecule has 1 saturated heterocycles. The molecule has 0 spiro atoms. The zero-order valence-electron chi connectivity index (χ0n) is 11.8. The fraction of sp³-hybridized carbons (Fsp3) is 0.500. The number of nitrogens with zero attached hydrogens (tertiary/aromatic N) is 4. The molecule has 3 heterocycles. The second-order valence-electron chi connectivity index (χ2n) is 5.42. The van der Waals surface area contributed by atoms with Crippen molar-refractivity contribution in [3.05, 3.63) is 35.7 Å². The number of amides is 1. The highest BCUT2D eigenvalue weighted by Crippen LogP contribution is 2.25. The van der Waals surface area contributed by atoms with Gasteiger partial charge >= 0.3 is 0 Å². The number of hydrogen-bond acceptors (Lipinski definition) is 3. The van der Waals surface area contributed by atoms with Gasteiger partial charge in [-0.05, 0) is 25.8 Å². The van der Waals surface area contributed by atoms with Crippen LogP contribution in [0.5, 0.6) is 0 Å². The van der Waals surface area contributed by atoms with Crippen molar-refractivity contribution in [3.8, 4) is 0 Å². The molecule has 3 rings (SSSR count). The molecule has 0 aromatic carbocycles. The number of aromatic nitrogens is 4. The van der Waals surface area contributed by atoms with Crippen molar-refractivity contribution in [1.82, 2.24) is 24.6 Å². The number of H-pyrrole nitrogens is 1. The fourth-order valence-electron chi connectivity index (χ4n) is 2.72. The number of nitrogens with one attached hydrogen (secondary N) is 1. The molecule has 1 aliphatic rings. The molecule has 20 heavy (non-hydrogen) atoms. The van der Waals surface area contributed by atoms with E-state index in [1.807, 2.05) is 25.1 Å². The van der Waals surface area contributed by atoms with E-state index in [0.29, 0.717) is 18.2 Å². The molecule has 1 fully saturated rings. The van der Waals surface area contributed by atoms with Crippen LogP contribution in [0.1, 0.15) is 40.8 Å². The SMILES string of the molecule is Cc1cnc([C@@H]2CCCN(C(=O)c3ccn(C)n3)C2)[nH]1. The maximum absolute atomic E-state index is 12.4. The molecule has 0 bridgehead atoms. The number of piperidine rings is 1. The largest absolute Gasteiger partial charge is 0.346 e. The van der Waals surface area contributed by atoms with Crippen LogP contribution >= 0.6 is 0 Å². The quantitative estimate of drug-likeness (QED) is 0.901. The zero-order valence-corrected chi connectivity index (χ0v) is 11.8. The Morgan fingerprint density at radius 2 is 2.35 bits per heavy atom. The van der Waals surface area contributed by atoms with Crippen LogP contribution in [0.15, 0.2) is 18.5 Å². The third kappa shape index (κ3) is 2.45. The van der Waals surface area contributed by atoms with Crippen molar-refractivity contribution in [2.24, 2.45) is 7.05 Å². The highest BCUT2D eigenvalue weighted by Gasteiger charge is 2.27. The number of imidazole rings is 1. The number of rotatable bonds is 2. The number of aromatic amines is 1. The normalized spacial score (nSPS) is 19.3. The molecule has 0 saturated carbocycles. The Balaban J connectivity index is 1.73. The summed E-state index contributed by atoms with van der Waals surface area (Å²) in [4.78, 5) is 22.0. The summed E-state index contributed by atoms with van der Waals surface area (Å²) in [5.41, 5.74) is 1.58. The summed E-state index contributed by atoms with van der Waals surface area (Å²) < 4.78 is 1.66. The highest BCUT2D eigenvalue weighted by molar-refractivity contribution is 5.92. The maximum atomic E-state index is 12.4. The first-order valence-electron chi connectivity index (χ1n) is 6.94. The van der Waals surface area contributed by atoms with E-state index in [2.05, 4.69) is 15.1 Å². The van der Waals surface area contributed by atoms with Gasteiger partial charge in [-0.2, -0.15) is 5.10 Å². The van der Waals surface area contributed by atoms with Crippen molar-refractivity contribution in [1.29, 1.82) is 0 Å². The minimum atomic E-state index is 0.0126. The summed E-state index contributed by atoms with van der Waals surface area (Å²) >= 11 is 0. The zero-order chi connectivity index (χ0) is 14.1. The van der Waals surface area contributed by atoms with E-state index in [1.54, 1.807) is 16.9 Å². The summed E-state index contributed by atoms with van der Waals surface area (Å²) in [7, 11) is 1.82. The van der Waals surface area contributed by atoms with Crippen molar-refractivity contribution in [3.63, 3.8) is 0 Å². The van der Waals surface area contributed by atoms with Gasteiger partial charge in [-0.25, -0.2) is 4.98 Å². The summed E-state index contributed by atoms with van der Waals surface area (Å²) in [5, 5.41) is 4.19. The third-order valence-corrected chi connectivity index (χ3v) is 3.75. The van der Waals surface area contributed by atoms with Crippen LogP contribution in [-0.2, 0) is 7.05 Å². The fourth-order valence-corrected chi connectivity index (χ4v) is 2.72. The van der Waals surface area contributed by atoms with Crippen LogP contribution in [0.2, 0.25) is 0 Å². The summed E-state index contributed by atoms with van der Waals surface area (Å²) in [5.74, 6) is 1.30. The second-order valence-corrected chi connectivity index (χ2v) is 5.42. The minimum absolute atomic E-state index is 0.0126. The molecule has 0 unspecified atom stereocenters. The number of aryl methyl sites for hydroxylation is 2. The molecule has 0 aliphatic carbocycles. The Kier molecular flexibility index (Phi) is 3.30. The minimum Gasteiger partial charge on any atom is -0.346 e. The van der Waals surface area contributed by atoms with E-state index < -0.39 is 0 Å². The van der Waals surface area contributed by atoms with E-state index in [1.165, 1.54) is 0 Å². The Bertz CT molecular complexity index is 615. The molecule has 2 aromatic heterocycles. The predicted octanol–water partition coefficient (Wildman–Crippen LogP) is 1.47. The van der Waals surface area contributed by atoms with Crippen LogP contribution in [0, 0.1) is 6.92 Å². The molecule has 106 valence electrons. The lowest BCUT2D eigenvalue weighted by atomic mass is 9.97. The van der Waals surface area contributed by atoms with E-state index in [0.717, 1.165) is 30.9 Å². The average molecular weight is 273 g/mol. The lowest BCUT2D eigenvalue weighted by molar-refractivity contribution is 0.0698. The van der Waals surface area contributed by atoms with E-state index in [4.69, 9.17) is 0 Å². The third-order valence-electron chi connectivity index (χ3n) is 3.75. The molecule has 1 N–H and O–H groups in total. The van der Waals surface area contributed by atoms with Crippen LogP contribution < -0.4 is 0 Å². The monoisotopic (exact) mass is 273 g/mol. The van der Waals surface area contributed by atoms with E-state index in [9.17, 15) is 4.79 Å². The van der Waals surface area contributed by atoms with E-state index >= 15 is 0 Å². The van der Waals surface area contributed by atoms with Crippen molar-refractivity contribution < 1.29 is 4.79 Å². The summed E-state index contributed by atoms with van der Waals surface area (Å²) in [6.45, 7) is 3.50. The molecule has 0 radical (unpaired) electrons. The smallest absolute Gasteiger partial charge is 0.274 e. The molecular formula is C14H19N5O. The Morgan fingerprint density at radius 3 is 3.00 bits per heavy atom. The van der Waals surface area contributed by atoms with Gasteiger partial charge in [0.15, 0.2) is 0 Å². The number of carbonyl (C=O) groups is 1. The van der Waals surface area contributed by atoms with Crippen molar-refractivity contribution in [2.75, 3.05) is 13.1 Å². The van der Waals surface area contributed by atoms with Gasteiger partial charge in [-0.1, -0.05) is 0 Å². The topological polar surface area (TPSA) is 66.8 Å². The van der Waals surface area contributed by atoms with Gasteiger partial charge in [0.25, 0.3) is 5.91 Å². The van der Waals surface area contributed by atoms with Gasteiger partial charge in [0, 0.05) is 44.1 Å². The van der Waals surface area contributed by atoms with Gasteiger partial charge in [0.2, 0.25) is 0 Å². The molecular weight excluding hydrogens is 254 g/mol. The van der Waals surface area contributed by atoms with Gasteiger partial charge in [0.05, 0.1) is 0 Å². The number of hydrogen-bond donors (Lipinski definition) is 1. The molecule has 1 aliphatic heterocycles. The highest BCUT2D eigenvalue weighted by atomic mass is 16.2. The van der Waals surface area contributed by atoms with Crippen LogP contribution in [0.25, 0.3) is 0 Å². The van der Waals surface area contributed by atoms with Crippen LogP contribution in [0.3, 0.4) is 0 Å². The number of carbonyl (C=O) groups excluding carboxylic acids is 1. The van der Waals surface area contributed by atoms with E-state index in [-0.39, 0.29) is 5.91 Å². The first-order chi connectivity index (χ1) is 9.63.